The van der Waals surface area contributed by atoms with E-state index in [1.165, 1.54) is 32.4 Å². The second-order valence-electron chi connectivity index (χ2n) is 6.82. The summed E-state index contributed by atoms with van der Waals surface area (Å²) in [5.74, 6) is 1.11. The maximum Gasteiger partial charge on any atom is 0.194 e. The molecule has 140 valence electrons. The van der Waals surface area contributed by atoms with Crippen LogP contribution in [0.25, 0.3) is 0 Å². The third kappa shape index (κ3) is 5.71. The number of likely N-dealkylation sites (tertiary alicyclic amines) is 2. The highest BCUT2D eigenvalue weighted by atomic mass is 127. The van der Waals surface area contributed by atoms with Crippen molar-refractivity contribution in [3.8, 4) is 0 Å². The molecule has 1 N–H and O–H groups in total. The van der Waals surface area contributed by atoms with Gasteiger partial charge in [-0.1, -0.05) is 0 Å². The number of halogens is 1. The number of guanidine groups is 1. The summed E-state index contributed by atoms with van der Waals surface area (Å²) < 4.78 is 5.48. The lowest BCUT2D eigenvalue weighted by molar-refractivity contribution is 0.0195. The van der Waals surface area contributed by atoms with Gasteiger partial charge in [0.2, 0.25) is 0 Å². The topological polar surface area (TPSA) is 43.3 Å². The van der Waals surface area contributed by atoms with Crippen LogP contribution in [-0.2, 0) is 4.74 Å². The molecule has 0 spiro atoms. The molecule has 0 aromatic heterocycles. The molecule has 3 rings (SSSR count). The van der Waals surface area contributed by atoms with Gasteiger partial charge in [-0.3, -0.25) is 9.89 Å². The molecule has 7 heteroatoms. The Morgan fingerprint density at radius 1 is 1.12 bits per heavy atom. The summed E-state index contributed by atoms with van der Waals surface area (Å²) in [5, 5.41) is 3.49. The fraction of sp³-hybridized carbons (Fsp3) is 0.941. The van der Waals surface area contributed by atoms with E-state index in [2.05, 4.69) is 26.9 Å². The van der Waals surface area contributed by atoms with Crippen LogP contribution in [0.15, 0.2) is 4.99 Å². The summed E-state index contributed by atoms with van der Waals surface area (Å²) in [5.41, 5.74) is 0. The Kier molecular flexibility index (Phi) is 9.07. The van der Waals surface area contributed by atoms with Gasteiger partial charge in [0.1, 0.15) is 0 Å². The van der Waals surface area contributed by atoms with Gasteiger partial charge < -0.3 is 19.9 Å². The lowest BCUT2D eigenvalue weighted by Crippen LogP contribution is -2.46. The third-order valence-electron chi connectivity index (χ3n) is 5.24. The number of rotatable bonds is 5. The number of aliphatic imine (C=N–C) groups is 1. The maximum atomic E-state index is 5.48. The number of ether oxygens (including phenoxy) is 1. The molecule has 0 aliphatic carbocycles. The van der Waals surface area contributed by atoms with E-state index < -0.39 is 0 Å². The minimum atomic E-state index is 0. The van der Waals surface area contributed by atoms with Crippen molar-refractivity contribution in [1.82, 2.24) is 20.0 Å². The predicted octanol–water partition coefficient (Wildman–Crippen LogP) is 1.07. The molecule has 0 radical (unpaired) electrons. The molecule has 0 aromatic rings. The average Bonchev–Trinajstić information content (AvgIpc) is 3.27. The lowest BCUT2D eigenvalue weighted by Gasteiger charge is -2.32. The zero-order chi connectivity index (χ0) is 15.9. The van der Waals surface area contributed by atoms with Crippen molar-refractivity contribution >= 4 is 29.9 Å². The Balaban J connectivity index is 0.00000208. The molecule has 0 amide bonds. The molecule has 1 atom stereocenters. The minimum absolute atomic E-state index is 0. The van der Waals surface area contributed by atoms with Crippen LogP contribution < -0.4 is 5.32 Å². The monoisotopic (exact) mass is 451 g/mol. The van der Waals surface area contributed by atoms with Gasteiger partial charge in [-0.25, -0.2) is 0 Å². The van der Waals surface area contributed by atoms with E-state index in [-0.39, 0.29) is 24.0 Å². The number of hydrogen-bond donors (Lipinski definition) is 1. The van der Waals surface area contributed by atoms with Crippen LogP contribution in [0.4, 0.5) is 0 Å². The van der Waals surface area contributed by atoms with Gasteiger partial charge in [-0.05, 0) is 39.3 Å². The van der Waals surface area contributed by atoms with E-state index in [4.69, 9.17) is 9.73 Å². The Morgan fingerprint density at radius 3 is 2.58 bits per heavy atom. The molecule has 0 bridgehead atoms. The Hall–Kier alpha value is -0.120. The van der Waals surface area contributed by atoms with Crippen molar-refractivity contribution < 1.29 is 4.74 Å². The van der Waals surface area contributed by atoms with Crippen molar-refractivity contribution in [2.75, 3.05) is 72.1 Å². The van der Waals surface area contributed by atoms with E-state index in [0.717, 1.165) is 65.0 Å². The fourth-order valence-electron chi connectivity index (χ4n) is 3.90. The average molecular weight is 451 g/mol. The van der Waals surface area contributed by atoms with Crippen LogP contribution in [-0.4, -0.2) is 98.8 Å². The van der Waals surface area contributed by atoms with Crippen LogP contribution >= 0.6 is 24.0 Å². The minimum Gasteiger partial charge on any atom is -0.379 e. The van der Waals surface area contributed by atoms with Crippen LogP contribution in [0.5, 0.6) is 0 Å². The SMILES string of the molecule is CCNC(=NCCN1CCCC1)N1CCC(N2CCOCC2)C1.I. The second kappa shape index (κ2) is 10.8. The zero-order valence-corrected chi connectivity index (χ0v) is 17.4. The van der Waals surface area contributed by atoms with Gasteiger partial charge in [-0.2, -0.15) is 0 Å². The van der Waals surface area contributed by atoms with Crippen molar-refractivity contribution in [2.24, 2.45) is 4.99 Å². The first-order chi connectivity index (χ1) is 11.4. The highest BCUT2D eigenvalue weighted by Crippen LogP contribution is 2.17. The summed E-state index contributed by atoms with van der Waals surface area (Å²) >= 11 is 0. The molecule has 3 saturated heterocycles. The van der Waals surface area contributed by atoms with E-state index in [1.54, 1.807) is 0 Å². The standard InChI is InChI=1S/C17H33N5O.HI/c1-2-18-17(19-6-10-20-7-3-4-8-20)22-9-5-16(15-22)21-11-13-23-14-12-21;/h16H,2-15H2,1H3,(H,18,19);1H. The van der Waals surface area contributed by atoms with Gasteiger partial charge in [0.25, 0.3) is 0 Å². The van der Waals surface area contributed by atoms with Crippen molar-refractivity contribution in [1.29, 1.82) is 0 Å². The lowest BCUT2D eigenvalue weighted by atomic mass is 10.2. The summed E-state index contributed by atoms with van der Waals surface area (Å²) in [6.45, 7) is 13.8. The maximum absolute atomic E-state index is 5.48. The van der Waals surface area contributed by atoms with Crippen molar-refractivity contribution in [3.05, 3.63) is 0 Å². The molecule has 6 nitrogen and oxygen atoms in total. The first kappa shape index (κ1) is 20.2. The smallest absolute Gasteiger partial charge is 0.194 e. The summed E-state index contributed by atoms with van der Waals surface area (Å²) in [4.78, 5) is 12.5. The van der Waals surface area contributed by atoms with E-state index in [1.807, 2.05) is 0 Å². The molecule has 0 aromatic carbocycles. The molecular formula is C17H34IN5O. The normalized spacial score (nSPS) is 26.6. The van der Waals surface area contributed by atoms with E-state index >= 15 is 0 Å². The molecule has 3 aliphatic heterocycles. The number of morpholine rings is 1. The van der Waals surface area contributed by atoms with Gasteiger partial charge in [0.15, 0.2) is 5.96 Å². The first-order valence-electron chi connectivity index (χ1n) is 9.44. The number of nitrogens with zero attached hydrogens (tertiary/aromatic N) is 4. The molecule has 0 saturated carbocycles. The molecule has 24 heavy (non-hydrogen) atoms. The van der Waals surface area contributed by atoms with Crippen LogP contribution in [0.2, 0.25) is 0 Å². The van der Waals surface area contributed by atoms with E-state index in [9.17, 15) is 0 Å². The molecule has 3 fully saturated rings. The Bertz CT molecular complexity index is 383. The Labute approximate surface area is 164 Å². The van der Waals surface area contributed by atoms with E-state index in [0.29, 0.717) is 6.04 Å². The summed E-state index contributed by atoms with van der Waals surface area (Å²) in [7, 11) is 0. The van der Waals surface area contributed by atoms with Gasteiger partial charge in [0, 0.05) is 45.3 Å². The molecule has 3 aliphatic rings. The van der Waals surface area contributed by atoms with Crippen LogP contribution in [0.1, 0.15) is 26.2 Å². The quantitative estimate of drug-likeness (QED) is 0.385. The molecule has 3 heterocycles. The fourth-order valence-corrected chi connectivity index (χ4v) is 3.90. The highest BCUT2D eigenvalue weighted by Gasteiger charge is 2.30. The number of nitrogens with one attached hydrogen (secondary N) is 1. The van der Waals surface area contributed by atoms with Gasteiger partial charge >= 0.3 is 0 Å². The first-order valence-corrected chi connectivity index (χ1v) is 9.44. The molecule has 1 unspecified atom stereocenters. The summed E-state index contributed by atoms with van der Waals surface area (Å²) in [6.07, 6.45) is 3.96. The highest BCUT2D eigenvalue weighted by molar-refractivity contribution is 14.0. The van der Waals surface area contributed by atoms with Crippen molar-refractivity contribution in [3.63, 3.8) is 0 Å². The van der Waals surface area contributed by atoms with Crippen molar-refractivity contribution in [2.45, 2.75) is 32.2 Å². The second-order valence-corrected chi connectivity index (χ2v) is 6.82. The van der Waals surface area contributed by atoms with Crippen LogP contribution in [0.3, 0.4) is 0 Å². The third-order valence-corrected chi connectivity index (χ3v) is 5.24. The van der Waals surface area contributed by atoms with Gasteiger partial charge in [-0.15, -0.1) is 24.0 Å². The number of hydrogen-bond acceptors (Lipinski definition) is 4. The van der Waals surface area contributed by atoms with Gasteiger partial charge in [0.05, 0.1) is 19.8 Å². The molecular weight excluding hydrogens is 417 g/mol. The zero-order valence-electron chi connectivity index (χ0n) is 15.1. The predicted molar refractivity (Wildman–Crippen MR) is 109 cm³/mol. The summed E-state index contributed by atoms with van der Waals surface area (Å²) in [6, 6.07) is 0.668. The largest absolute Gasteiger partial charge is 0.379 e. The Morgan fingerprint density at radius 2 is 1.88 bits per heavy atom. The van der Waals surface area contributed by atoms with Crippen LogP contribution in [0, 0.1) is 0 Å².